The third kappa shape index (κ3) is 4.57. The summed E-state index contributed by atoms with van der Waals surface area (Å²) in [7, 11) is 0. The van der Waals surface area contributed by atoms with Gasteiger partial charge >= 0.3 is 0 Å². The lowest BCUT2D eigenvalue weighted by Gasteiger charge is -2.28. The third-order valence-electron chi connectivity index (χ3n) is 6.53. The molecule has 3 aromatic carbocycles. The number of H-pyrrole nitrogens is 1. The molecule has 3 N–H and O–H groups in total. The minimum absolute atomic E-state index is 0.0693. The molecule has 1 aliphatic carbocycles. The molecule has 0 bridgehead atoms. The topological polar surface area (TPSA) is 74.0 Å². The van der Waals surface area contributed by atoms with Crippen LogP contribution in [0.3, 0.4) is 0 Å². The number of hydrogen-bond donors (Lipinski definition) is 3. The van der Waals surface area contributed by atoms with Crippen molar-refractivity contribution in [1.82, 2.24) is 15.6 Å². The number of amides is 2. The predicted molar refractivity (Wildman–Crippen MR) is 135 cm³/mol. The molecule has 4 aromatic rings. The smallest absolute Gasteiger partial charge is 0.253 e. The van der Waals surface area contributed by atoms with Crippen molar-refractivity contribution >= 4 is 34.3 Å². The number of aromatic nitrogens is 1. The van der Waals surface area contributed by atoms with Gasteiger partial charge in [-0.1, -0.05) is 66.2 Å². The number of rotatable bonds is 6. The van der Waals surface area contributed by atoms with Crippen molar-refractivity contribution in [1.29, 1.82) is 0 Å². The summed E-state index contributed by atoms with van der Waals surface area (Å²) in [5.74, 6) is -0.568. The molecule has 0 fully saturated rings. The zero-order valence-electron chi connectivity index (χ0n) is 18.7. The van der Waals surface area contributed by atoms with Crippen LogP contribution in [0.5, 0.6) is 0 Å². The number of aryl methyl sites for hydroxylation is 1. The van der Waals surface area contributed by atoms with Crippen LogP contribution in [0.15, 0.2) is 79.0 Å². The van der Waals surface area contributed by atoms with Gasteiger partial charge in [0, 0.05) is 23.5 Å². The molecule has 0 saturated carbocycles. The summed E-state index contributed by atoms with van der Waals surface area (Å²) >= 11 is 6.25. The van der Waals surface area contributed by atoms with E-state index in [0.717, 1.165) is 41.3 Å². The lowest BCUT2D eigenvalue weighted by Crippen LogP contribution is -2.49. The Morgan fingerprint density at radius 2 is 1.76 bits per heavy atom. The van der Waals surface area contributed by atoms with Crippen LogP contribution in [0.25, 0.3) is 10.9 Å². The summed E-state index contributed by atoms with van der Waals surface area (Å²) in [6, 6.07) is 22.2. The maximum Gasteiger partial charge on any atom is 0.253 e. The average Bonchev–Trinajstić information content (AvgIpc) is 3.27. The Bertz CT molecular complexity index is 1350. The first kappa shape index (κ1) is 22.2. The van der Waals surface area contributed by atoms with E-state index in [2.05, 4.69) is 27.8 Å². The van der Waals surface area contributed by atoms with E-state index >= 15 is 0 Å². The summed E-state index contributed by atoms with van der Waals surface area (Å²) in [5, 5.41) is 7.54. The lowest BCUT2D eigenvalue weighted by molar-refractivity contribution is -0.123. The van der Waals surface area contributed by atoms with Gasteiger partial charge in [0.25, 0.3) is 5.91 Å². The zero-order chi connectivity index (χ0) is 23.5. The number of para-hydroxylation sites is 1. The molecule has 2 atom stereocenters. The Labute approximate surface area is 203 Å². The van der Waals surface area contributed by atoms with E-state index in [4.69, 9.17) is 11.6 Å². The highest BCUT2D eigenvalue weighted by Gasteiger charge is 2.28. The fourth-order valence-corrected chi connectivity index (χ4v) is 5.01. The number of carbonyl (C=O) groups is 2. The quantitative estimate of drug-likeness (QED) is 0.354. The first-order valence-corrected chi connectivity index (χ1v) is 12.0. The Morgan fingerprint density at radius 1 is 1.00 bits per heavy atom. The molecule has 1 aliphatic rings. The van der Waals surface area contributed by atoms with Crippen molar-refractivity contribution in [2.45, 2.75) is 37.8 Å². The van der Waals surface area contributed by atoms with Gasteiger partial charge in [-0.25, -0.2) is 0 Å². The maximum absolute atomic E-state index is 13.6. The third-order valence-corrected chi connectivity index (χ3v) is 6.85. The van der Waals surface area contributed by atoms with Gasteiger partial charge < -0.3 is 15.6 Å². The fourth-order valence-electron chi connectivity index (χ4n) is 4.79. The van der Waals surface area contributed by atoms with Gasteiger partial charge in [0.05, 0.1) is 16.6 Å². The molecule has 1 aromatic heterocycles. The molecule has 2 amide bonds. The van der Waals surface area contributed by atoms with Gasteiger partial charge in [0.1, 0.15) is 6.04 Å². The van der Waals surface area contributed by atoms with Crippen LogP contribution >= 0.6 is 11.6 Å². The first-order chi connectivity index (χ1) is 16.6. The molecule has 172 valence electrons. The van der Waals surface area contributed by atoms with Gasteiger partial charge in [-0.3, -0.25) is 9.59 Å². The molecule has 0 aliphatic heterocycles. The van der Waals surface area contributed by atoms with Crippen molar-refractivity contribution in [3.05, 3.63) is 106 Å². The number of carbonyl (C=O) groups excluding carboxylic acids is 2. The molecule has 6 heteroatoms. The Hall–Kier alpha value is -3.57. The molecule has 0 radical (unpaired) electrons. The molecule has 5 nitrogen and oxygen atoms in total. The van der Waals surface area contributed by atoms with Crippen molar-refractivity contribution in [2.75, 3.05) is 0 Å². The Morgan fingerprint density at radius 3 is 2.65 bits per heavy atom. The number of benzene rings is 3. The minimum Gasteiger partial charge on any atom is -0.361 e. The summed E-state index contributed by atoms with van der Waals surface area (Å²) in [6.07, 6.45) is 5.18. The van der Waals surface area contributed by atoms with Crippen molar-refractivity contribution in [3.8, 4) is 0 Å². The van der Waals surface area contributed by atoms with Crippen molar-refractivity contribution in [2.24, 2.45) is 0 Å². The maximum atomic E-state index is 13.6. The van der Waals surface area contributed by atoms with Crippen molar-refractivity contribution < 1.29 is 9.59 Å². The van der Waals surface area contributed by atoms with Crippen LogP contribution in [-0.4, -0.2) is 22.8 Å². The molecule has 0 spiro atoms. The van der Waals surface area contributed by atoms with Crippen LogP contribution in [-0.2, 0) is 17.6 Å². The van der Waals surface area contributed by atoms with E-state index in [9.17, 15) is 9.59 Å². The number of halogens is 1. The molecule has 5 rings (SSSR count). The number of fused-ring (bicyclic) bond motifs is 2. The summed E-state index contributed by atoms with van der Waals surface area (Å²) in [5.41, 5.74) is 4.75. The summed E-state index contributed by atoms with van der Waals surface area (Å²) < 4.78 is 0. The van der Waals surface area contributed by atoms with E-state index in [1.807, 2.05) is 42.6 Å². The Balaban J connectivity index is 1.42. The van der Waals surface area contributed by atoms with Crippen LogP contribution in [0.1, 0.15) is 45.9 Å². The van der Waals surface area contributed by atoms with E-state index in [1.165, 1.54) is 5.56 Å². The zero-order valence-corrected chi connectivity index (χ0v) is 19.4. The molecular formula is C28H26ClN3O2. The SMILES string of the molecule is O=C(NC(Cc1c[nH]c2ccccc12)C(=O)NC1CCCc2ccccc21)c1ccccc1Cl. The number of aromatic amines is 1. The highest BCUT2D eigenvalue weighted by Crippen LogP contribution is 2.29. The Kier molecular flexibility index (Phi) is 6.37. The number of hydrogen-bond acceptors (Lipinski definition) is 2. The van der Waals surface area contributed by atoms with Gasteiger partial charge in [-0.15, -0.1) is 0 Å². The normalized spacial score (nSPS) is 16.0. The lowest BCUT2D eigenvalue weighted by atomic mass is 9.87. The van der Waals surface area contributed by atoms with Crippen LogP contribution in [0.4, 0.5) is 0 Å². The van der Waals surface area contributed by atoms with Gasteiger partial charge in [0.2, 0.25) is 5.91 Å². The highest BCUT2D eigenvalue weighted by atomic mass is 35.5. The van der Waals surface area contributed by atoms with Gasteiger partial charge in [0.15, 0.2) is 0 Å². The van der Waals surface area contributed by atoms with E-state index in [-0.39, 0.29) is 17.9 Å². The average molecular weight is 472 g/mol. The van der Waals surface area contributed by atoms with Crippen molar-refractivity contribution in [3.63, 3.8) is 0 Å². The van der Waals surface area contributed by atoms with Gasteiger partial charge in [-0.2, -0.15) is 0 Å². The molecule has 0 saturated heterocycles. The largest absolute Gasteiger partial charge is 0.361 e. The molecule has 1 heterocycles. The fraction of sp³-hybridized carbons (Fsp3) is 0.214. The molecule has 34 heavy (non-hydrogen) atoms. The van der Waals surface area contributed by atoms with E-state index in [0.29, 0.717) is 17.0 Å². The van der Waals surface area contributed by atoms with Crippen LogP contribution < -0.4 is 10.6 Å². The van der Waals surface area contributed by atoms with Crippen LogP contribution in [0, 0.1) is 0 Å². The summed E-state index contributed by atoms with van der Waals surface area (Å²) in [4.78, 5) is 29.9. The monoisotopic (exact) mass is 471 g/mol. The minimum atomic E-state index is -0.753. The van der Waals surface area contributed by atoms with E-state index in [1.54, 1.807) is 24.3 Å². The summed E-state index contributed by atoms with van der Waals surface area (Å²) in [6.45, 7) is 0. The number of nitrogens with one attached hydrogen (secondary N) is 3. The second-order valence-electron chi connectivity index (χ2n) is 8.72. The molecule has 2 unspecified atom stereocenters. The second kappa shape index (κ2) is 9.74. The molecular weight excluding hydrogens is 446 g/mol. The van der Waals surface area contributed by atoms with E-state index < -0.39 is 6.04 Å². The predicted octanol–water partition coefficient (Wildman–Crippen LogP) is 5.36. The highest BCUT2D eigenvalue weighted by molar-refractivity contribution is 6.33. The first-order valence-electron chi connectivity index (χ1n) is 11.6. The van der Waals surface area contributed by atoms with Gasteiger partial charge in [-0.05, 0) is 54.2 Å². The standard InChI is InChI=1S/C28H26ClN3O2/c29-23-13-5-3-12-22(23)27(33)32-26(16-19-17-30-24-14-6-4-11-21(19)24)28(34)31-25-15-7-9-18-8-1-2-10-20(18)25/h1-6,8,10-14,17,25-26,30H,7,9,15-16H2,(H,31,34)(H,32,33). The second-order valence-corrected chi connectivity index (χ2v) is 9.13. The van der Waals surface area contributed by atoms with Crippen LogP contribution in [0.2, 0.25) is 5.02 Å².